The third-order valence-corrected chi connectivity index (χ3v) is 5.82. The van der Waals surface area contributed by atoms with Crippen LogP contribution in [-0.4, -0.2) is 17.0 Å². The van der Waals surface area contributed by atoms with E-state index in [0.29, 0.717) is 11.8 Å². The van der Waals surface area contributed by atoms with Crippen LogP contribution in [0.1, 0.15) is 76.7 Å². The first-order valence-corrected chi connectivity index (χ1v) is 9.27. The first-order valence-electron chi connectivity index (χ1n) is 8.19. The maximum Gasteiger partial charge on any atom is 0.143 e. The van der Waals surface area contributed by atoms with Gasteiger partial charge in [-0.2, -0.15) is 0 Å². The lowest BCUT2D eigenvalue weighted by molar-refractivity contribution is 0.254. The summed E-state index contributed by atoms with van der Waals surface area (Å²) in [7, 11) is 1.95. The van der Waals surface area contributed by atoms with E-state index in [4.69, 9.17) is 9.97 Å². The maximum absolute atomic E-state index is 4.92. The Morgan fingerprint density at radius 1 is 1.05 bits per heavy atom. The van der Waals surface area contributed by atoms with Crippen LogP contribution < -0.4 is 5.32 Å². The molecule has 0 bridgehead atoms. The zero-order chi connectivity index (χ0) is 15.6. The summed E-state index contributed by atoms with van der Waals surface area (Å²) >= 11 is 2.37. The Labute approximate surface area is 142 Å². The SMILES string of the molecule is CNc1nc(C2CCC(C(C)C)CC2)nc(C(C)C)c1I. The topological polar surface area (TPSA) is 37.8 Å². The van der Waals surface area contributed by atoms with E-state index >= 15 is 0 Å². The van der Waals surface area contributed by atoms with Crippen molar-refractivity contribution in [1.29, 1.82) is 0 Å². The van der Waals surface area contributed by atoms with Crippen molar-refractivity contribution < 1.29 is 0 Å². The second-order valence-electron chi connectivity index (χ2n) is 6.89. The lowest BCUT2D eigenvalue weighted by atomic mass is 9.76. The Balaban J connectivity index is 2.22. The predicted molar refractivity (Wildman–Crippen MR) is 97.9 cm³/mol. The van der Waals surface area contributed by atoms with Gasteiger partial charge in [0.1, 0.15) is 11.6 Å². The highest BCUT2D eigenvalue weighted by Crippen LogP contribution is 2.38. The van der Waals surface area contributed by atoms with Gasteiger partial charge in [-0.1, -0.05) is 27.7 Å². The highest BCUT2D eigenvalue weighted by molar-refractivity contribution is 14.1. The van der Waals surface area contributed by atoms with Crippen LogP contribution in [0.25, 0.3) is 0 Å². The largest absolute Gasteiger partial charge is 0.372 e. The molecular weight excluding hydrogens is 373 g/mol. The third-order valence-electron chi connectivity index (χ3n) is 4.76. The van der Waals surface area contributed by atoms with E-state index in [0.717, 1.165) is 23.5 Å². The van der Waals surface area contributed by atoms with Gasteiger partial charge in [-0.25, -0.2) is 9.97 Å². The molecule has 1 N–H and O–H groups in total. The molecule has 0 aromatic carbocycles. The zero-order valence-corrected chi connectivity index (χ0v) is 16.1. The number of anilines is 1. The normalized spacial score (nSPS) is 22.9. The number of nitrogens with zero attached hydrogens (tertiary/aromatic N) is 2. The van der Waals surface area contributed by atoms with Crippen LogP contribution in [0.15, 0.2) is 0 Å². The van der Waals surface area contributed by atoms with E-state index in [9.17, 15) is 0 Å². The van der Waals surface area contributed by atoms with Gasteiger partial charge in [-0.3, -0.25) is 0 Å². The van der Waals surface area contributed by atoms with Gasteiger partial charge in [0, 0.05) is 13.0 Å². The van der Waals surface area contributed by atoms with Crippen LogP contribution in [0.3, 0.4) is 0 Å². The van der Waals surface area contributed by atoms with Gasteiger partial charge in [0.05, 0.1) is 9.26 Å². The first-order chi connectivity index (χ1) is 9.93. The molecule has 1 aliphatic rings. The van der Waals surface area contributed by atoms with E-state index in [1.54, 1.807) is 0 Å². The number of halogens is 1. The Kier molecular flexibility index (Phi) is 5.86. The highest BCUT2D eigenvalue weighted by atomic mass is 127. The molecular formula is C17H28IN3. The van der Waals surface area contributed by atoms with Gasteiger partial charge in [0.2, 0.25) is 0 Å². The molecule has 4 heteroatoms. The van der Waals surface area contributed by atoms with Crippen LogP contribution in [0.2, 0.25) is 0 Å². The van der Waals surface area contributed by atoms with E-state index in [1.807, 2.05) is 7.05 Å². The van der Waals surface area contributed by atoms with E-state index in [2.05, 4.69) is 55.6 Å². The van der Waals surface area contributed by atoms with Gasteiger partial charge in [-0.15, -0.1) is 0 Å². The number of hydrogen-bond donors (Lipinski definition) is 1. The van der Waals surface area contributed by atoms with Crippen LogP contribution in [-0.2, 0) is 0 Å². The van der Waals surface area contributed by atoms with Crippen LogP contribution >= 0.6 is 22.6 Å². The third kappa shape index (κ3) is 3.88. The van der Waals surface area contributed by atoms with Crippen molar-refractivity contribution in [3.05, 3.63) is 15.1 Å². The molecule has 118 valence electrons. The minimum Gasteiger partial charge on any atom is -0.372 e. The molecule has 0 amide bonds. The monoisotopic (exact) mass is 401 g/mol. The Morgan fingerprint density at radius 3 is 2.14 bits per heavy atom. The summed E-state index contributed by atoms with van der Waals surface area (Å²) in [4.78, 5) is 9.71. The molecule has 3 nitrogen and oxygen atoms in total. The van der Waals surface area contributed by atoms with E-state index in [1.165, 1.54) is 34.9 Å². The van der Waals surface area contributed by atoms with Crippen molar-refractivity contribution in [3.63, 3.8) is 0 Å². The zero-order valence-electron chi connectivity index (χ0n) is 13.9. The first kappa shape index (κ1) is 17.0. The fraction of sp³-hybridized carbons (Fsp3) is 0.765. The molecule has 1 saturated carbocycles. The average molecular weight is 401 g/mol. The van der Waals surface area contributed by atoms with Gasteiger partial charge < -0.3 is 5.32 Å². The van der Waals surface area contributed by atoms with Crippen LogP contribution in [0, 0.1) is 15.4 Å². The van der Waals surface area contributed by atoms with Crippen LogP contribution in [0.4, 0.5) is 5.82 Å². The van der Waals surface area contributed by atoms with Crippen molar-refractivity contribution in [2.45, 2.75) is 65.2 Å². The summed E-state index contributed by atoms with van der Waals surface area (Å²) < 4.78 is 1.17. The molecule has 0 aliphatic heterocycles. The number of aromatic nitrogens is 2. The minimum atomic E-state index is 0.442. The number of rotatable bonds is 4. The molecule has 1 aliphatic carbocycles. The molecule has 0 atom stereocenters. The van der Waals surface area contributed by atoms with Crippen molar-refractivity contribution in [1.82, 2.24) is 9.97 Å². The Bertz CT molecular complexity index is 477. The second kappa shape index (κ2) is 7.25. The summed E-state index contributed by atoms with van der Waals surface area (Å²) in [6.45, 7) is 9.12. The lowest BCUT2D eigenvalue weighted by Crippen LogP contribution is -2.20. The minimum absolute atomic E-state index is 0.442. The summed E-state index contributed by atoms with van der Waals surface area (Å²) in [6, 6.07) is 0. The molecule has 0 saturated heterocycles. The molecule has 1 heterocycles. The summed E-state index contributed by atoms with van der Waals surface area (Å²) in [5.41, 5.74) is 1.19. The maximum atomic E-state index is 4.92. The average Bonchev–Trinajstić information content (AvgIpc) is 2.47. The fourth-order valence-corrected chi connectivity index (χ4v) is 4.39. The molecule has 1 aromatic heterocycles. The van der Waals surface area contributed by atoms with Gasteiger partial charge >= 0.3 is 0 Å². The highest BCUT2D eigenvalue weighted by Gasteiger charge is 2.27. The molecule has 1 aromatic rings. The summed E-state index contributed by atoms with van der Waals surface area (Å²) in [6.07, 6.45) is 5.13. The van der Waals surface area contributed by atoms with Crippen molar-refractivity contribution in [3.8, 4) is 0 Å². The lowest BCUT2D eigenvalue weighted by Gasteiger charge is -2.30. The van der Waals surface area contributed by atoms with Crippen LogP contribution in [0.5, 0.6) is 0 Å². The number of hydrogen-bond acceptors (Lipinski definition) is 3. The van der Waals surface area contributed by atoms with Gasteiger partial charge in [0.15, 0.2) is 0 Å². The van der Waals surface area contributed by atoms with Crippen molar-refractivity contribution >= 4 is 28.4 Å². The molecule has 0 spiro atoms. The molecule has 0 unspecified atom stereocenters. The standard InChI is InChI=1S/C17H28IN3/c1-10(2)12-6-8-13(9-7-12)16-20-15(11(3)4)14(18)17(19-5)21-16/h10-13H,6-9H2,1-5H3,(H,19,20,21). The smallest absolute Gasteiger partial charge is 0.143 e. The molecule has 1 fully saturated rings. The quantitative estimate of drug-likeness (QED) is 0.707. The van der Waals surface area contributed by atoms with Gasteiger partial charge in [-0.05, 0) is 66.0 Å². The summed E-state index contributed by atoms with van der Waals surface area (Å²) in [5, 5.41) is 3.24. The van der Waals surface area contributed by atoms with E-state index in [-0.39, 0.29) is 0 Å². The molecule has 2 rings (SSSR count). The van der Waals surface area contributed by atoms with Crippen molar-refractivity contribution in [2.75, 3.05) is 12.4 Å². The predicted octanol–water partition coefficient (Wildman–Crippen LogP) is 5.18. The Morgan fingerprint density at radius 2 is 1.67 bits per heavy atom. The fourth-order valence-electron chi connectivity index (χ4n) is 3.26. The molecule has 21 heavy (non-hydrogen) atoms. The number of nitrogens with one attached hydrogen (secondary N) is 1. The second-order valence-corrected chi connectivity index (χ2v) is 7.97. The molecule has 0 radical (unpaired) electrons. The van der Waals surface area contributed by atoms with Gasteiger partial charge in [0.25, 0.3) is 0 Å². The Hall–Kier alpha value is -0.390. The summed E-state index contributed by atoms with van der Waals surface area (Å²) in [5.74, 6) is 4.74. The van der Waals surface area contributed by atoms with Crippen molar-refractivity contribution in [2.24, 2.45) is 11.8 Å². The van der Waals surface area contributed by atoms with E-state index < -0.39 is 0 Å².